The van der Waals surface area contributed by atoms with E-state index in [4.69, 9.17) is 0 Å². The Morgan fingerprint density at radius 2 is 1.84 bits per heavy atom. The van der Waals surface area contributed by atoms with Gasteiger partial charge in [0.2, 0.25) is 5.91 Å². The van der Waals surface area contributed by atoms with E-state index < -0.39 is 4.92 Å². The maximum atomic E-state index is 12.1. The van der Waals surface area contributed by atoms with Crippen LogP contribution in [-0.4, -0.2) is 25.8 Å². The summed E-state index contributed by atoms with van der Waals surface area (Å²) in [5, 5.41) is 24.2. The van der Waals surface area contributed by atoms with E-state index in [1.807, 2.05) is 36.4 Å². The molecule has 31 heavy (non-hydrogen) atoms. The minimum Gasteiger partial charge on any atom is -0.426 e. The summed E-state index contributed by atoms with van der Waals surface area (Å²) < 4.78 is 0.824. The SMILES string of the molecule is O=C(CC=Cc1ccccc1)Nc1ccc(-c2nc3ccc([N+](=O)[O-])cc3n2O)cc1. The molecule has 1 amide bonds. The molecule has 154 valence electrons. The van der Waals surface area contributed by atoms with E-state index in [0.717, 1.165) is 10.3 Å². The standard InChI is InChI=1S/C23H18N4O4/c28-22(8-4-7-16-5-2-1-3-6-16)24-18-11-9-17(10-12-18)23-25-20-14-13-19(27(30)31)15-21(20)26(23)29/h1-7,9-15,29H,8H2,(H,24,28). The van der Waals surface area contributed by atoms with Gasteiger partial charge in [0, 0.05) is 29.8 Å². The third kappa shape index (κ3) is 4.43. The van der Waals surface area contributed by atoms with Crippen LogP contribution in [0.3, 0.4) is 0 Å². The van der Waals surface area contributed by atoms with Crippen molar-refractivity contribution in [1.29, 1.82) is 0 Å². The number of hydrogen-bond donors (Lipinski definition) is 2. The van der Waals surface area contributed by atoms with Crippen molar-refractivity contribution in [3.05, 3.63) is 94.6 Å². The Morgan fingerprint density at radius 1 is 1.10 bits per heavy atom. The molecule has 0 aliphatic carbocycles. The second-order valence-corrected chi connectivity index (χ2v) is 6.82. The van der Waals surface area contributed by atoms with Crippen molar-refractivity contribution in [3.8, 4) is 11.4 Å². The molecule has 4 aromatic rings. The highest BCUT2D eigenvalue weighted by atomic mass is 16.6. The first kappa shape index (κ1) is 19.8. The summed E-state index contributed by atoms with van der Waals surface area (Å²) in [5.74, 6) is 0.0980. The molecule has 1 aromatic heterocycles. The molecule has 1 heterocycles. The highest BCUT2D eigenvalue weighted by Gasteiger charge is 2.15. The molecule has 0 saturated carbocycles. The molecule has 0 saturated heterocycles. The first-order chi connectivity index (χ1) is 15.0. The largest absolute Gasteiger partial charge is 0.426 e. The van der Waals surface area contributed by atoms with Crippen molar-refractivity contribution in [2.24, 2.45) is 0 Å². The van der Waals surface area contributed by atoms with E-state index >= 15 is 0 Å². The number of amides is 1. The van der Waals surface area contributed by atoms with Crippen molar-refractivity contribution >= 4 is 34.4 Å². The molecule has 0 spiro atoms. The molecule has 0 bridgehead atoms. The van der Waals surface area contributed by atoms with Crippen LogP contribution in [0.25, 0.3) is 28.5 Å². The number of fused-ring (bicyclic) bond motifs is 1. The molecule has 2 N–H and O–H groups in total. The maximum Gasteiger partial charge on any atom is 0.271 e. The van der Waals surface area contributed by atoms with E-state index in [2.05, 4.69) is 10.3 Å². The van der Waals surface area contributed by atoms with Crippen LogP contribution in [0.4, 0.5) is 11.4 Å². The Morgan fingerprint density at radius 3 is 2.55 bits per heavy atom. The Kier molecular flexibility index (Phi) is 5.44. The van der Waals surface area contributed by atoms with Crippen LogP contribution in [0.5, 0.6) is 0 Å². The van der Waals surface area contributed by atoms with Crippen molar-refractivity contribution in [2.75, 3.05) is 5.32 Å². The van der Waals surface area contributed by atoms with Gasteiger partial charge in [0.1, 0.15) is 5.52 Å². The molecule has 3 aromatic carbocycles. The van der Waals surface area contributed by atoms with Crippen LogP contribution in [0, 0.1) is 10.1 Å². The number of benzene rings is 3. The number of aromatic nitrogens is 2. The van der Waals surface area contributed by atoms with Gasteiger partial charge >= 0.3 is 0 Å². The summed E-state index contributed by atoms with van der Waals surface area (Å²) >= 11 is 0. The number of imidazole rings is 1. The van der Waals surface area contributed by atoms with E-state index in [-0.39, 0.29) is 29.4 Å². The normalized spacial score (nSPS) is 11.1. The second-order valence-electron chi connectivity index (χ2n) is 6.82. The molecular weight excluding hydrogens is 396 g/mol. The fraction of sp³-hybridized carbons (Fsp3) is 0.0435. The number of nitro benzene ring substituents is 1. The van der Waals surface area contributed by atoms with Gasteiger partial charge in [0.25, 0.3) is 5.69 Å². The monoisotopic (exact) mass is 414 g/mol. The number of nitrogens with one attached hydrogen (secondary N) is 1. The summed E-state index contributed by atoms with van der Waals surface area (Å²) in [6.45, 7) is 0. The van der Waals surface area contributed by atoms with E-state index in [0.29, 0.717) is 16.8 Å². The van der Waals surface area contributed by atoms with Gasteiger partial charge in [-0.25, -0.2) is 4.98 Å². The zero-order valence-electron chi connectivity index (χ0n) is 16.3. The Labute approximate surface area is 177 Å². The lowest BCUT2D eigenvalue weighted by atomic mass is 10.2. The lowest BCUT2D eigenvalue weighted by Crippen LogP contribution is -2.09. The Bertz CT molecular complexity index is 1280. The first-order valence-electron chi connectivity index (χ1n) is 9.49. The van der Waals surface area contributed by atoms with Gasteiger partial charge in [0.15, 0.2) is 5.82 Å². The van der Waals surface area contributed by atoms with Gasteiger partial charge in [-0.15, -0.1) is 0 Å². The van der Waals surface area contributed by atoms with Crippen LogP contribution in [-0.2, 0) is 4.79 Å². The van der Waals surface area contributed by atoms with Gasteiger partial charge < -0.3 is 10.5 Å². The van der Waals surface area contributed by atoms with E-state index in [9.17, 15) is 20.1 Å². The number of hydrogen-bond acceptors (Lipinski definition) is 5. The quantitative estimate of drug-likeness (QED) is 0.265. The number of rotatable bonds is 6. The average Bonchev–Trinajstić information content (AvgIpc) is 3.11. The van der Waals surface area contributed by atoms with Crippen molar-refractivity contribution in [2.45, 2.75) is 6.42 Å². The molecule has 0 aliphatic heterocycles. The number of anilines is 1. The molecule has 0 aliphatic rings. The third-order valence-electron chi connectivity index (χ3n) is 4.66. The predicted molar refractivity (Wildman–Crippen MR) is 118 cm³/mol. The number of carbonyl (C=O) groups excluding carboxylic acids is 1. The van der Waals surface area contributed by atoms with Gasteiger partial charge in [0.05, 0.1) is 10.4 Å². The highest BCUT2D eigenvalue weighted by Crippen LogP contribution is 2.27. The van der Waals surface area contributed by atoms with Crippen LogP contribution < -0.4 is 5.32 Å². The molecule has 0 atom stereocenters. The van der Waals surface area contributed by atoms with Gasteiger partial charge in [-0.3, -0.25) is 14.9 Å². The van der Waals surface area contributed by atoms with E-state index in [1.165, 1.54) is 18.2 Å². The topological polar surface area (TPSA) is 110 Å². The fourth-order valence-electron chi connectivity index (χ4n) is 3.13. The smallest absolute Gasteiger partial charge is 0.271 e. The summed E-state index contributed by atoms with van der Waals surface area (Å²) in [5.41, 5.74) is 2.78. The zero-order valence-corrected chi connectivity index (χ0v) is 16.3. The number of nitro groups is 1. The summed E-state index contributed by atoms with van der Waals surface area (Å²) in [4.78, 5) is 26.9. The minimum absolute atomic E-state index is 0.131. The summed E-state index contributed by atoms with van der Waals surface area (Å²) in [7, 11) is 0. The summed E-state index contributed by atoms with van der Waals surface area (Å²) in [6.07, 6.45) is 3.92. The lowest BCUT2D eigenvalue weighted by Gasteiger charge is -2.05. The predicted octanol–water partition coefficient (Wildman–Crippen LogP) is 4.89. The fourth-order valence-corrected chi connectivity index (χ4v) is 3.13. The molecule has 8 nitrogen and oxygen atoms in total. The van der Waals surface area contributed by atoms with Crippen molar-refractivity contribution in [3.63, 3.8) is 0 Å². The zero-order chi connectivity index (χ0) is 21.8. The molecule has 0 fully saturated rings. The molecule has 4 rings (SSSR count). The third-order valence-corrected chi connectivity index (χ3v) is 4.66. The lowest BCUT2D eigenvalue weighted by molar-refractivity contribution is -0.384. The number of non-ortho nitro benzene ring substituents is 1. The molecule has 0 radical (unpaired) electrons. The number of carbonyl (C=O) groups is 1. The second kappa shape index (κ2) is 8.50. The van der Waals surface area contributed by atoms with Crippen LogP contribution >= 0.6 is 0 Å². The van der Waals surface area contributed by atoms with Crippen molar-refractivity contribution < 1.29 is 14.9 Å². The van der Waals surface area contributed by atoms with Gasteiger partial charge in [-0.05, 0) is 35.9 Å². The molecule has 8 heteroatoms. The number of nitrogens with zero attached hydrogens (tertiary/aromatic N) is 3. The van der Waals surface area contributed by atoms with Crippen molar-refractivity contribution in [1.82, 2.24) is 9.71 Å². The molecular formula is C23H18N4O4. The van der Waals surface area contributed by atoms with Gasteiger partial charge in [-0.2, -0.15) is 4.73 Å². The van der Waals surface area contributed by atoms with Crippen LogP contribution in [0.15, 0.2) is 78.9 Å². The summed E-state index contributed by atoms with van der Waals surface area (Å²) in [6, 6.07) is 20.6. The molecule has 0 unspecified atom stereocenters. The first-order valence-corrected chi connectivity index (χ1v) is 9.49. The van der Waals surface area contributed by atoms with E-state index in [1.54, 1.807) is 30.3 Å². The Balaban J connectivity index is 1.45. The minimum atomic E-state index is -0.529. The Hall–Kier alpha value is -4.46. The average molecular weight is 414 g/mol. The van der Waals surface area contributed by atoms with Gasteiger partial charge in [-0.1, -0.05) is 42.5 Å². The van der Waals surface area contributed by atoms with Crippen LogP contribution in [0.1, 0.15) is 12.0 Å². The van der Waals surface area contributed by atoms with Crippen LogP contribution in [0.2, 0.25) is 0 Å². The maximum absolute atomic E-state index is 12.1. The highest BCUT2D eigenvalue weighted by molar-refractivity contribution is 5.92.